The van der Waals surface area contributed by atoms with Crippen molar-refractivity contribution in [1.29, 1.82) is 0 Å². The van der Waals surface area contributed by atoms with E-state index in [4.69, 9.17) is 0 Å². The quantitative estimate of drug-likeness (QED) is 0.850. The van der Waals surface area contributed by atoms with Gasteiger partial charge in [0, 0.05) is 44.6 Å². The van der Waals surface area contributed by atoms with E-state index in [2.05, 4.69) is 38.0 Å². The summed E-state index contributed by atoms with van der Waals surface area (Å²) in [6.07, 6.45) is 1.85. The Morgan fingerprint density at radius 1 is 1.26 bits per heavy atom. The predicted octanol–water partition coefficient (Wildman–Crippen LogP) is 1.56. The Bertz CT molecular complexity index is 520. The molecule has 1 fully saturated rings. The standard InChI is InChI=1S/C13H17N5S/c1-11-12(3-2-4-14-11)9-17-5-7-18(8-6-17)13-16-15-10-19-13/h2-4,10H,5-9H2,1H3. The molecular weight excluding hydrogens is 258 g/mol. The third kappa shape index (κ3) is 2.90. The number of rotatable bonds is 3. The van der Waals surface area contributed by atoms with Gasteiger partial charge >= 0.3 is 0 Å². The lowest BCUT2D eigenvalue weighted by Gasteiger charge is -2.34. The SMILES string of the molecule is Cc1ncccc1CN1CCN(c2nncs2)CC1. The van der Waals surface area contributed by atoms with Gasteiger partial charge in [-0.1, -0.05) is 17.4 Å². The molecule has 0 saturated carbocycles. The first-order chi connectivity index (χ1) is 9.33. The van der Waals surface area contributed by atoms with Gasteiger partial charge < -0.3 is 4.90 Å². The Balaban J connectivity index is 1.57. The molecule has 3 rings (SSSR count). The fourth-order valence-corrected chi connectivity index (χ4v) is 2.94. The maximum absolute atomic E-state index is 4.35. The largest absolute Gasteiger partial charge is 0.344 e. The molecule has 3 heterocycles. The van der Waals surface area contributed by atoms with Crippen molar-refractivity contribution >= 4 is 16.5 Å². The van der Waals surface area contributed by atoms with E-state index >= 15 is 0 Å². The van der Waals surface area contributed by atoms with Crippen molar-refractivity contribution in [2.24, 2.45) is 0 Å². The average molecular weight is 275 g/mol. The van der Waals surface area contributed by atoms with Crippen molar-refractivity contribution in [2.75, 3.05) is 31.1 Å². The van der Waals surface area contributed by atoms with Gasteiger partial charge in [0.15, 0.2) is 0 Å². The fourth-order valence-electron chi connectivity index (χ4n) is 2.33. The van der Waals surface area contributed by atoms with Crippen molar-refractivity contribution < 1.29 is 0 Å². The molecule has 0 unspecified atom stereocenters. The van der Waals surface area contributed by atoms with E-state index in [0.29, 0.717) is 0 Å². The van der Waals surface area contributed by atoms with Crippen molar-refractivity contribution in [3.05, 3.63) is 35.1 Å². The molecule has 19 heavy (non-hydrogen) atoms. The van der Waals surface area contributed by atoms with Crippen molar-refractivity contribution in [3.63, 3.8) is 0 Å². The number of hydrogen-bond donors (Lipinski definition) is 0. The molecule has 1 aliphatic heterocycles. The molecule has 5 nitrogen and oxygen atoms in total. The Labute approximate surface area is 116 Å². The van der Waals surface area contributed by atoms with E-state index in [1.54, 1.807) is 16.8 Å². The van der Waals surface area contributed by atoms with E-state index in [1.807, 2.05) is 12.3 Å². The van der Waals surface area contributed by atoms with E-state index < -0.39 is 0 Å². The van der Waals surface area contributed by atoms with Crippen LogP contribution in [0.4, 0.5) is 5.13 Å². The van der Waals surface area contributed by atoms with E-state index in [0.717, 1.165) is 43.5 Å². The lowest BCUT2D eigenvalue weighted by molar-refractivity contribution is 0.249. The number of hydrogen-bond acceptors (Lipinski definition) is 6. The highest BCUT2D eigenvalue weighted by Crippen LogP contribution is 2.18. The fraction of sp³-hybridized carbons (Fsp3) is 0.462. The Hall–Kier alpha value is -1.53. The van der Waals surface area contributed by atoms with Gasteiger partial charge in [-0.05, 0) is 18.6 Å². The van der Waals surface area contributed by atoms with Crippen molar-refractivity contribution in [2.45, 2.75) is 13.5 Å². The molecule has 0 amide bonds. The third-order valence-corrected chi connectivity index (χ3v) is 4.25. The molecule has 1 saturated heterocycles. The van der Waals surface area contributed by atoms with Gasteiger partial charge in [0.25, 0.3) is 0 Å². The van der Waals surface area contributed by atoms with Crippen LogP contribution in [0.15, 0.2) is 23.8 Å². The molecule has 1 aliphatic rings. The predicted molar refractivity (Wildman–Crippen MR) is 76.4 cm³/mol. The molecule has 0 aliphatic carbocycles. The second-order valence-corrected chi connectivity index (χ2v) is 5.54. The van der Waals surface area contributed by atoms with Gasteiger partial charge in [0.2, 0.25) is 5.13 Å². The summed E-state index contributed by atoms with van der Waals surface area (Å²) in [4.78, 5) is 9.13. The highest BCUT2D eigenvalue weighted by molar-refractivity contribution is 7.13. The van der Waals surface area contributed by atoms with Gasteiger partial charge in [0.05, 0.1) is 0 Å². The maximum atomic E-state index is 4.35. The minimum Gasteiger partial charge on any atom is -0.344 e. The first kappa shape index (κ1) is 12.5. The molecule has 0 aromatic carbocycles. The van der Waals surface area contributed by atoms with Gasteiger partial charge in [0.1, 0.15) is 5.51 Å². The van der Waals surface area contributed by atoms with Crippen LogP contribution in [0, 0.1) is 6.92 Å². The number of anilines is 1. The number of pyridine rings is 1. The third-order valence-electron chi connectivity index (χ3n) is 3.50. The smallest absolute Gasteiger partial charge is 0.208 e. The number of piperazine rings is 1. The zero-order valence-corrected chi connectivity index (χ0v) is 11.8. The average Bonchev–Trinajstić information content (AvgIpc) is 2.96. The Morgan fingerprint density at radius 2 is 2.11 bits per heavy atom. The summed E-state index contributed by atoms with van der Waals surface area (Å²) in [5.74, 6) is 0. The minimum atomic E-state index is 0.990. The lowest BCUT2D eigenvalue weighted by atomic mass is 10.2. The van der Waals surface area contributed by atoms with Crippen LogP contribution in [0.3, 0.4) is 0 Å². The molecule has 100 valence electrons. The Kier molecular flexibility index (Phi) is 3.70. The second kappa shape index (κ2) is 5.63. The van der Waals surface area contributed by atoms with Crippen LogP contribution in [0.25, 0.3) is 0 Å². The molecule has 0 N–H and O–H groups in total. The highest BCUT2D eigenvalue weighted by atomic mass is 32.1. The molecule has 6 heteroatoms. The Morgan fingerprint density at radius 3 is 2.79 bits per heavy atom. The number of aryl methyl sites for hydroxylation is 1. The molecule has 0 radical (unpaired) electrons. The van der Waals surface area contributed by atoms with Crippen LogP contribution in [0.5, 0.6) is 0 Å². The van der Waals surface area contributed by atoms with E-state index in [1.165, 1.54) is 5.56 Å². The van der Waals surface area contributed by atoms with Crippen LogP contribution < -0.4 is 4.90 Å². The van der Waals surface area contributed by atoms with Crippen molar-refractivity contribution in [1.82, 2.24) is 20.1 Å². The molecular formula is C13H17N5S. The highest BCUT2D eigenvalue weighted by Gasteiger charge is 2.19. The van der Waals surface area contributed by atoms with Crippen LogP contribution in [-0.4, -0.2) is 46.3 Å². The van der Waals surface area contributed by atoms with Crippen LogP contribution >= 0.6 is 11.3 Å². The molecule has 2 aromatic heterocycles. The summed E-state index contributed by atoms with van der Waals surface area (Å²) in [5.41, 5.74) is 4.25. The minimum absolute atomic E-state index is 0.990. The first-order valence-electron chi connectivity index (χ1n) is 6.47. The van der Waals surface area contributed by atoms with Crippen LogP contribution in [-0.2, 0) is 6.54 Å². The summed E-state index contributed by atoms with van der Waals surface area (Å²) >= 11 is 1.61. The molecule has 2 aromatic rings. The lowest BCUT2D eigenvalue weighted by Crippen LogP contribution is -2.46. The normalized spacial score (nSPS) is 16.8. The molecule has 0 bridgehead atoms. The zero-order valence-electron chi connectivity index (χ0n) is 11.0. The van der Waals surface area contributed by atoms with Gasteiger partial charge in [-0.2, -0.15) is 0 Å². The number of nitrogens with zero attached hydrogens (tertiary/aromatic N) is 5. The zero-order chi connectivity index (χ0) is 13.1. The second-order valence-electron chi connectivity index (χ2n) is 4.73. The van der Waals surface area contributed by atoms with Crippen LogP contribution in [0.1, 0.15) is 11.3 Å². The summed E-state index contributed by atoms with van der Waals surface area (Å²) < 4.78 is 0. The monoisotopic (exact) mass is 275 g/mol. The van der Waals surface area contributed by atoms with Gasteiger partial charge in [-0.3, -0.25) is 9.88 Å². The summed E-state index contributed by atoms with van der Waals surface area (Å²) in [6, 6.07) is 4.18. The first-order valence-corrected chi connectivity index (χ1v) is 7.35. The molecule has 0 spiro atoms. The summed E-state index contributed by atoms with van der Waals surface area (Å²) in [5, 5.41) is 9.07. The van der Waals surface area contributed by atoms with Gasteiger partial charge in [-0.25, -0.2) is 0 Å². The van der Waals surface area contributed by atoms with E-state index in [9.17, 15) is 0 Å². The van der Waals surface area contributed by atoms with Crippen LogP contribution in [0.2, 0.25) is 0 Å². The maximum Gasteiger partial charge on any atom is 0.208 e. The van der Waals surface area contributed by atoms with E-state index in [-0.39, 0.29) is 0 Å². The van der Waals surface area contributed by atoms with Crippen molar-refractivity contribution in [3.8, 4) is 0 Å². The summed E-state index contributed by atoms with van der Waals surface area (Å²) in [6.45, 7) is 7.24. The van der Waals surface area contributed by atoms with Gasteiger partial charge in [-0.15, -0.1) is 10.2 Å². The molecule has 0 atom stereocenters. The summed E-state index contributed by atoms with van der Waals surface area (Å²) in [7, 11) is 0. The number of aromatic nitrogens is 3. The topological polar surface area (TPSA) is 45.2 Å².